The minimum Gasteiger partial charge on any atom is -0.497 e. The fourth-order valence-electron chi connectivity index (χ4n) is 2.59. The van der Waals surface area contributed by atoms with Crippen molar-refractivity contribution in [1.29, 1.82) is 0 Å². The number of nitrogens with one attached hydrogen (secondary N) is 2. The Morgan fingerprint density at radius 2 is 1.92 bits per heavy atom. The number of aliphatic hydroxyl groups excluding tert-OH is 1. The van der Waals surface area contributed by atoms with Crippen molar-refractivity contribution in [2.45, 2.75) is 6.04 Å². The molecule has 128 valence electrons. The van der Waals surface area contributed by atoms with Crippen LogP contribution in [0.15, 0.2) is 60.8 Å². The molecule has 1 unspecified atom stereocenters. The summed E-state index contributed by atoms with van der Waals surface area (Å²) in [6.07, 6.45) is 1.68. The largest absolute Gasteiger partial charge is 0.497 e. The second kappa shape index (κ2) is 7.63. The summed E-state index contributed by atoms with van der Waals surface area (Å²) in [5.74, 6) is 0.715. The first-order valence-electron chi connectivity index (χ1n) is 7.87. The number of benzene rings is 2. The number of carbonyl (C=O) groups is 1. The van der Waals surface area contributed by atoms with E-state index in [2.05, 4.69) is 15.6 Å². The third kappa shape index (κ3) is 3.87. The van der Waals surface area contributed by atoms with Gasteiger partial charge in [-0.3, -0.25) is 4.98 Å². The van der Waals surface area contributed by atoms with Crippen LogP contribution in [-0.4, -0.2) is 29.8 Å². The highest BCUT2D eigenvalue weighted by atomic mass is 16.5. The number of aliphatic hydroxyl groups is 1. The van der Waals surface area contributed by atoms with Gasteiger partial charge in [-0.2, -0.15) is 0 Å². The fraction of sp³-hybridized carbons (Fsp3) is 0.158. The van der Waals surface area contributed by atoms with Crippen LogP contribution in [0.3, 0.4) is 0 Å². The topological polar surface area (TPSA) is 83.5 Å². The number of amides is 2. The summed E-state index contributed by atoms with van der Waals surface area (Å²) in [5.41, 5.74) is 2.11. The van der Waals surface area contributed by atoms with E-state index in [1.165, 1.54) is 0 Å². The second-order valence-electron chi connectivity index (χ2n) is 5.49. The first-order valence-corrected chi connectivity index (χ1v) is 7.87. The van der Waals surface area contributed by atoms with Crippen molar-refractivity contribution in [3.63, 3.8) is 0 Å². The van der Waals surface area contributed by atoms with Gasteiger partial charge in [0, 0.05) is 11.6 Å². The third-order valence-corrected chi connectivity index (χ3v) is 3.89. The molecule has 3 rings (SSSR count). The summed E-state index contributed by atoms with van der Waals surface area (Å²) in [7, 11) is 1.59. The minimum atomic E-state index is -0.520. The van der Waals surface area contributed by atoms with Crippen molar-refractivity contribution in [2.75, 3.05) is 19.0 Å². The van der Waals surface area contributed by atoms with E-state index >= 15 is 0 Å². The lowest BCUT2D eigenvalue weighted by molar-refractivity contribution is 0.225. The summed E-state index contributed by atoms with van der Waals surface area (Å²) in [5, 5.41) is 16.1. The molecule has 2 aromatic carbocycles. The van der Waals surface area contributed by atoms with Gasteiger partial charge in [-0.05, 0) is 29.8 Å². The van der Waals surface area contributed by atoms with E-state index < -0.39 is 12.1 Å². The zero-order chi connectivity index (χ0) is 17.6. The average molecular weight is 337 g/mol. The summed E-state index contributed by atoms with van der Waals surface area (Å²) in [6, 6.07) is 15.6. The van der Waals surface area contributed by atoms with Crippen molar-refractivity contribution < 1.29 is 14.6 Å². The monoisotopic (exact) mass is 337 g/mol. The number of hydrogen-bond acceptors (Lipinski definition) is 4. The summed E-state index contributed by atoms with van der Waals surface area (Å²) >= 11 is 0. The first kappa shape index (κ1) is 16.7. The molecule has 0 aliphatic rings. The van der Waals surface area contributed by atoms with Crippen LogP contribution in [0, 0.1) is 0 Å². The summed E-state index contributed by atoms with van der Waals surface area (Å²) in [4.78, 5) is 16.6. The molecule has 6 heteroatoms. The van der Waals surface area contributed by atoms with Gasteiger partial charge in [0.05, 0.1) is 31.0 Å². The molecule has 0 aliphatic carbocycles. The standard InChI is InChI=1S/C19H19N3O3/c1-25-15-9-7-13(8-10-15)17(12-23)22-19(24)21-16-6-2-4-14-5-3-11-20-18(14)16/h2-11,17,23H,12H2,1H3,(H2,21,22,24). The molecule has 1 aromatic heterocycles. The Balaban J connectivity index is 1.73. The zero-order valence-corrected chi connectivity index (χ0v) is 13.8. The summed E-state index contributed by atoms with van der Waals surface area (Å²) < 4.78 is 5.11. The zero-order valence-electron chi connectivity index (χ0n) is 13.8. The molecule has 0 fully saturated rings. The van der Waals surface area contributed by atoms with Gasteiger partial charge in [-0.15, -0.1) is 0 Å². The Morgan fingerprint density at radius 1 is 1.16 bits per heavy atom. The van der Waals surface area contributed by atoms with E-state index in [1.54, 1.807) is 43.6 Å². The number of aromatic nitrogens is 1. The van der Waals surface area contributed by atoms with Crippen LogP contribution in [-0.2, 0) is 0 Å². The molecule has 0 radical (unpaired) electrons. The van der Waals surface area contributed by atoms with Gasteiger partial charge >= 0.3 is 6.03 Å². The van der Waals surface area contributed by atoms with Crippen LogP contribution in [0.4, 0.5) is 10.5 Å². The average Bonchev–Trinajstić information content (AvgIpc) is 2.66. The van der Waals surface area contributed by atoms with Crippen LogP contribution in [0.1, 0.15) is 11.6 Å². The van der Waals surface area contributed by atoms with Crippen molar-refractivity contribution in [3.05, 3.63) is 66.4 Å². The Labute approximate surface area is 145 Å². The molecular weight excluding hydrogens is 318 g/mol. The van der Waals surface area contributed by atoms with Gasteiger partial charge in [0.1, 0.15) is 5.75 Å². The number of rotatable bonds is 5. The van der Waals surface area contributed by atoms with Crippen LogP contribution in [0.5, 0.6) is 5.75 Å². The van der Waals surface area contributed by atoms with E-state index in [9.17, 15) is 9.90 Å². The predicted molar refractivity (Wildman–Crippen MR) is 96.7 cm³/mol. The van der Waals surface area contributed by atoms with Crippen LogP contribution in [0.2, 0.25) is 0 Å². The van der Waals surface area contributed by atoms with E-state index in [0.717, 1.165) is 10.9 Å². The Kier molecular flexibility index (Phi) is 5.11. The predicted octanol–water partition coefficient (Wildman–Crippen LogP) is 3.10. The number of methoxy groups -OCH3 is 1. The number of hydrogen-bond donors (Lipinski definition) is 3. The van der Waals surface area contributed by atoms with Crippen molar-refractivity contribution in [3.8, 4) is 5.75 Å². The maximum Gasteiger partial charge on any atom is 0.319 e. The highest BCUT2D eigenvalue weighted by Crippen LogP contribution is 2.21. The minimum absolute atomic E-state index is 0.215. The molecule has 1 heterocycles. The van der Waals surface area contributed by atoms with Gasteiger partial charge in [-0.1, -0.05) is 30.3 Å². The fourth-order valence-corrected chi connectivity index (χ4v) is 2.59. The quantitative estimate of drug-likeness (QED) is 0.668. The van der Waals surface area contributed by atoms with Gasteiger partial charge in [-0.25, -0.2) is 4.79 Å². The van der Waals surface area contributed by atoms with Gasteiger partial charge in [0.15, 0.2) is 0 Å². The molecule has 6 nitrogen and oxygen atoms in total. The number of ether oxygens (including phenoxy) is 1. The van der Waals surface area contributed by atoms with Crippen LogP contribution < -0.4 is 15.4 Å². The Hall–Kier alpha value is -3.12. The normalized spacial score (nSPS) is 11.8. The molecule has 0 saturated carbocycles. The number of anilines is 1. The highest BCUT2D eigenvalue weighted by molar-refractivity contribution is 5.99. The highest BCUT2D eigenvalue weighted by Gasteiger charge is 2.14. The van der Waals surface area contributed by atoms with E-state index in [0.29, 0.717) is 17.0 Å². The molecule has 3 aromatic rings. The lowest BCUT2D eigenvalue weighted by atomic mass is 10.1. The maximum absolute atomic E-state index is 12.3. The van der Waals surface area contributed by atoms with Gasteiger partial charge < -0.3 is 20.5 Å². The lowest BCUT2D eigenvalue weighted by Crippen LogP contribution is -2.34. The number of pyridine rings is 1. The molecule has 25 heavy (non-hydrogen) atoms. The van der Waals surface area contributed by atoms with Crippen molar-refractivity contribution >= 4 is 22.6 Å². The second-order valence-corrected chi connectivity index (χ2v) is 5.49. The van der Waals surface area contributed by atoms with Crippen LogP contribution in [0.25, 0.3) is 10.9 Å². The molecule has 1 atom stereocenters. The lowest BCUT2D eigenvalue weighted by Gasteiger charge is -2.18. The SMILES string of the molecule is COc1ccc(C(CO)NC(=O)Nc2cccc3cccnc23)cc1. The van der Waals surface area contributed by atoms with Gasteiger partial charge in [0.2, 0.25) is 0 Å². The number of fused-ring (bicyclic) bond motifs is 1. The molecule has 0 spiro atoms. The molecule has 0 saturated heterocycles. The van der Waals surface area contributed by atoms with E-state index in [1.807, 2.05) is 24.3 Å². The number of para-hydroxylation sites is 1. The van der Waals surface area contributed by atoms with E-state index in [4.69, 9.17) is 4.74 Å². The Morgan fingerprint density at radius 3 is 2.64 bits per heavy atom. The summed E-state index contributed by atoms with van der Waals surface area (Å²) in [6.45, 7) is -0.215. The van der Waals surface area contributed by atoms with Crippen molar-refractivity contribution in [2.24, 2.45) is 0 Å². The van der Waals surface area contributed by atoms with Crippen LogP contribution >= 0.6 is 0 Å². The van der Waals surface area contributed by atoms with Gasteiger partial charge in [0.25, 0.3) is 0 Å². The first-order chi connectivity index (χ1) is 12.2. The number of carbonyl (C=O) groups excluding carboxylic acids is 1. The molecule has 0 bridgehead atoms. The van der Waals surface area contributed by atoms with Crippen molar-refractivity contribution in [1.82, 2.24) is 10.3 Å². The Bertz CT molecular complexity index is 860. The maximum atomic E-state index is 12.3. The molecular formula is C19H19N3O3. The smallest absolute Gasteiger partial charge is 0.319 e. The molecule has 0 aliphatic heterocycles. The number of urea groups is 1. The third-order valence-electron chi connectivity index (χ3n) is 3.89. The molecule has 2 amide bonds. The van der Waals surface area contributed by atoms with E-state index in [-0.39, 0.29) is 6.61 Å². The number of nitrogens with zero attached hydrogens (tertiary/aromatic N) is 1. The molecule has 3 N–H and O–H groups in total.